The van der Waals surface area contributed by atoms with E-state index in [1.165, 1.54) is 44.7 Å². The molecule has 3 aromatic rings. The summed E-state index contributed by atoms with van der Waals surface area (Å²) in [5.41, 5.74) is 5.65. The first-order valence-corrected chi connectivity index (χ1v) is 11.4. The summed E-state index contributed by atoms with van der Waals surface area (Å²) in [5, 5.41) is 7.48. The minimum absolute atomic E-state index is 0.00812. The number of thiophene rings is 1. The molecule has 0 spiro atoms. The fourth-order valence-corrected chi connectivity index (χ4v) is 5.13. The van der Waals surface area contributed by atoms with Crippen LogP contribution in [-0.4, -0.2) is 39.6 Å². The number of nitrogens with two attached hydrogens (primary N) is 1. The van der Waals surface area contributed by atoms with Gasteiger partial charge in [-0.2, -0.15) is 0 Å². The van der Waals surface area contributed by atoms with E-state index in [1.54, 1.807) is 0 Å². The van der Waals surface area contributed by atoms with Crippen molar-refractivity contribution in [3.05, 3.63) is 44.7 Å². The van der Waals surface area contributed by atoms with E-state index in [9.17, 15) is 18.0 Å². The first-order chi connectivity index (χ1) is 15.1. The molecule has 32 heavy (non-hydrogen) atoms. The number of nitrogens with zero attached hydrogens (tertiary/aromatic N) is 1. The molecule has 0 radical (unpaired) electrons. The Hall–Kier alpha value is -3.29. The molecule has 1 aromatic carbocycles. The minimum Gasteiger partial charge on any atom is -0.493 e. The van der Waals surface area contributed by atoms with Crippen LogP contribution in [0.5, 0.6) is 11.5 Å². The van der Waals surface area contributed by atoms with Gasteiger partial charge in [0.25, 0.3) is 27.7 Å². The highest BCUT2D eigenvalue weighted by Crippen LogP contribution is 2.34. The second kappa shape index (κ2) is 9.06. The summed E-state index contributed by atoms with van der Waals surface area (Å²) in [6, 6.07) is 3.88. The quantitative estimate of drug-likeness (QED) is 0.425. The van der Waals surface area contributed by atoms with Crippen molar-refractivity contribution in [3.63, 3.8) is 0 Å². The van der Waals surface area contributed by atoms with Gasteiger partial charge in [0.1, 0.15) is 20.5 Å². The summed E-state index contributed by atoms with van der Waals surface area (Å²) in [5.74, 6) is -1.46. The maximum Gasteiger partial charge on any atom is 0.267 e. The Bertz CT molecular complexity index is 1300. The molecule has 3 rings (SSSR count). The minimum atomic E-state index is -4.25. The number of sulfonamides is 1. The fourth-order valence-electron chi connectivity index (χ4n) is 2.64. The molecular formula is C18H17ClN4O7S2. The van der Waals surface area contributed by atoms with Crippen LogP contribution in [0.1, 0.15) is 25.7 Å². The molecule has 11 nitrogen and oxygen atoms in total. The summed E-state index contributed by atoms with van der Waals surface area (Å²) in [7, 11) is -1.50. The molecule has 0 aliphatic rings. The second-order valence-electron chi connectivity index (χ2n) is 6.20. The van der Waals surface area contributed by atoms with E-state index in [4.69, 9.17) is 31.3 Å². The molecule has 0 saturated heterocycles. The fraction of sp³-hybridized carbons (Fsp3) is 0.167. The molecule has 0 aliphatic carbocycles. The molecule has 2 aromatic heterocycles. The number of halogens is 1. The predicted molar refractivity (Wildman–Crippen MR) is 117 cm³/mol. The molecule has 14 heteroatoms. The van der Waals surface area contributed by atoms with E-state index in [2.05, 4.69) is 15.2 Å². The number of methoxy groups -OCH3 is 2. The van der Waals surface area contributed by atoms with Gasteiger partial charge in [0.15, 0.2) is 11.5 Å². The van der Waals surface area contributed by atoms with Gasteiger partial charge in [0, 0.05) is 6.07 Å². The summed E-state index contributed by atoms with van der Waals surface area (Å²) in [6.07, 6.45) is 0. The lowest BCUT2D eigenvalue weighted by Gasteiger charge is -2.14. The molecule has 170 valence electrons. The Balaban J connectivity index is 1.95. The average molecular weight is 501 g/mol. The zero-order valence-electron chi connectivity index (χ0n) is 16.9. The number of aryl methyl sites for hydroxylation is 1. The van der Waals surface area contributed by atoms with Crippen molar-refractivity contribution in [1.29, 1.82) is 0 Å². The molecule has 4 N–H and O–H groups in total. The molecule has 0 unspecified atom stereocenters. The van der Waals surface area contributed by atoms with Gasteiger partial charge < -0.3 is 25.0 Å². The van der Waals surface area contributed by atoms with Crippen molar-refractivity contribution >= 4 is 56.3 Å². The van der Waals surface area contributed by atoms with E-state index in [0.29, 0.717) is 5.69 Å². The van der Waals surface area contributed by atoms with Crippen LogP contribution in [-0.2, 0) is 10.0 Å². The normalized spacial score (nSPS) is 11.1. The van der Waals surface area contributed by atoms with Crippen LogP contribution in [0.15, 0.2) is 33.0 Å². The first-order valence-electron chi connectivity index (χ1n) is 8.68. The average Bonchev–Trinajstić information content (AvgIpc) is 3.36. The molecule has 0 bridgehead atoms. The second-order valence-corrected chi connectivity index (χ2v) is 9.15. The van der Waals surface area contributed by atoms with Crippen molar-refractivity contribution in [1.82, 2.24) is 5.16 Å². The van der Waals surface area contributed by atoms with E-state index in [-0.39, 0.29) is 43.4 Å². The molecule has 2 amide bonds. The van der Waals surface area contributed by atoms with E-state index < -0.39 is 21.8 Å². The van der Waals surface area contributed by atoms with Crippen molar-refractivity contribution in [2.45, 2.75) is 11.8 Å². The Morgan fingerprint density at radius 3 is 2.44 bits per heavy atom. The number of carbonyl (C=O) groups is 2. The number of aromatic nitrogens is 1. The van der Waals surface area contributed by atoms with Crippen LogP contribution in [0.25, 0.3) is 0 Å². The largest absolute Gasteiger partial charge is 0.493 e. The number of anilines is 2. The number of rotatable bonds is 8. The monoisotopic (exact) mass is 500 g/mol. The number of ether oxygens (including phenoxy) is 2. The highest BCUT2D eigenvalue weighted by molar-refractivity contribution is 7.93. The molecule has 2 heterocycles. The Morgan fingerprint density at radius 1 is 1.22 bits per heavy atom. The number of benzene rings is 1. The summed E-state index contributed by atoms with van der Waals surface area (Å²) < 4.78 is 43.0. The summed E-state index contributed by atoms with van der Waals surface area (Å²) in [4.78, 5) is 24.3. The maximum absolute atomic E-state index is 12.9. The Morgan fingerprint density at radius 2 is 1.88 bits per heavy atom. The highest BCUT2D eigenvalue weighted by atomic mass is 35.5. The number of amides is 2. The lowest BCUT2D eigenvalue weighted by atomic mass is 10.1. The first kappa shape index (κ1) is 23.4. The molecule has 0 atom stereocenters. The molecule has 0 saturated carbocycles. The predicted octanol–water partition coefficient (Wildman–Crippen LogP) is 2.87. The van der Waals surface area contributed by atoms with Gasteiger partial charge in [0.05, 0.1) is 25.5 Å². The smallest absolute Gasteiger partial charge is 0.267 e. The zero-order chi connectivity index (χ0) is 23.6. The van der Waals surface area contributed by atoms with Crippen molar-refractivity contribution in [2.24, 2.45) is 5.73 Å². The van der Waals surface area contributed by atoms with Crippen LogP contribution >= 0.6 is 22.9 Å². The van der Waals surface area contributed by atoms with Crippen LogP contribution < -0.4 is 25.2 Å². The van der Waals surface area contributed by atoms with Crippen molar-refractivity contribution < 1.29 is 32.0 Å². The van der Waals surface area contributed by atoms with E-state index >= 15 is 0 Å². The zero-order valence-corrected chi connectivity index (χ0v) is 19.3. The third kappa shape index (κ3) is 4.49. The summed E-state index contributed by atoms with van der Waals surface area (Å²) in [6.45, 7) is 1.53. The van der Waals surface area contributed by atoms with E-state index in [0.717, 1.165) is 11.3 Å². The Kier molecular flexibility index (Phi) is 6.62. The van der Waals surface area contributed by atoms with Gasteiger partial charge in [-0.3, -0.25) is 9.59 Å². The number of hydrogen-bond donors (Lipinski definition) is 3. The number of nitrogens with one attached hydrogen (secondary N) is 2. The van der Waals surface area contributed by atoms with Crippen LogP contribution in [0.3, 0.4) is 0 Å². The highest BCUT2D eigenvalue weighted by Gasteiger charge is 2.28. The van der Waals surface area contributed by atoms with Gasteiger partial charge in [-0.1, -0.05) is 16.8 Å². The number of primary amides is 1. The summed E-state index contributed by atoms with van der Waals surface area (Å²) >= 11 is 6.83. The standard InChI is InChI=1S/C18H17ClN4O7S2/c1-8-14(19)18(30-22-8)23-32(26,27)13-4-5-31-15(13)17(25)21-10-7-12(29-3)11(28-2)6-9(10)16(20)24/h4-7,23H,1-3H3,(H2,20,24)(H,21,25). The lowest BCUT2D eigenvalue weighted by molar-refractivity contribution is 0.100. The van der Waals surface area contributed by atoms with E-state index in [1.807, 2.05) is 0 Å². The number of hydrogen-bond acceptors (Lipinski definition) is 9. The molecule has 0 fully saturated rings. The van der Waals surface area contributed by atoms with Crippen LogP contribution in [0, 0.1) is 6.92 Å². The molecule has 0 aliphatic heterocycles. The Labute approximate surface area is 191 Å². The van der Waals surface area contributed by atoms with Crippen LogP contribution in [0.4, 0.5) is 11.6 Å². The van der Waals surface area contributed by atoms with Gasteiger partial charge in [-0.05, 0) is 24.4 Å². The van der Waals surface area contributed by atoms with Gasteiger partial charge in [-0.25, -0.2) is 13.1 Å². The van der Waals surface area contributed by atoms with Gasteiger partial charge >= 0.3 is 0 Å². The third-order valence-corrected chi connectivity index (χ3v) is 7.04. The SMILES string of the molecule is COc1cc(NC(=O)c2sccc2S(=O)(=O)Nc2onc(C)c2Cl)c(C(N)=O)cc1OC. The van der Waals surface area contributed by atoms with Crippen molar-refractivity contribution in [3.8, 4) is 11.5 Å². The maximum atomic E-state index is 12.9. The van der Waals surface area contributed by atoms with Crippen molar-refractivity contribution in [2.75, 3.05) is 24.3 Å². The van der Waals surface area contributed by atoms with Gasteiger partial charge in [-0.15, -0.1) is 11.3 Å². The van der Waals surface area contributed by atoms with Crippen LogP contribution in [0.2, 0.25) is 5.02 Å². The lowest BCUT2D eigenvalue weighted by Crippen LogP contribution is -2.21. The number of carbonyl (C=O) groups excluding carboxylic acids is 2. The topological polar surface area (TPSA) is 163 Å². The molecular weight excluding hydrogens is 484 g/mol. The van der Waals surface area contributed by atoms with Gasteiger partial charge in [0.2, 0.25) is 0 Å². The third-order valence-electron chi connectivity index (χ3n) is 4.18.